The van der Waals surface area contributed by atoms with Crippen LogP contribution < -0.4 is 0 Å². The molecular formula is C13H15N3OS2. The largest absolute Gasteiger partial charge is 0.392 e. The van der Waals surface area contributed by atoms with Crippen molar-refractivity contribution in [3.05, 3.63) is 24.3 Å². The molecule has 0 saturated carbocycles. The zero-order chi connectivity index (χ0) is 13.4. The molecular weight excluding hydrogens is 278 g/mol. The van der Waals surface area contributed by atoms with Gasteiger partial charge in [0.1, 0.15) is 0 Å². The number of nitrogens with zero attached hydrogens (tertiary/aromatic N) is 3. The number of fused-ring (bicyclic) bond motifs is 3. The van der Waals surface area contributed by atoms with Gasteiger partial charge in [-0.1, -0.05) is 49.1 Å². The smallest absolute Gasteiger partial charge is 0.217 e. The van der Waals surface area contributed by atoms with E-state index >= 15 is 0 Å². The number of thiazole rings is 1. The predicted octanol–water partition coefficient (Wildman–Crippen LogP) is 3.05. The highest BCUT2D eigenvalue weighted by Crippen LogP contribution is 2.29. The third kappa shape index (κ3) is 2.35. The SMILES string of the molecule is CC(C)C(O)CSc1nnc2sc3ccccc3n12. The van der Waals surface area contributed by atoms with Crippen molar-refractivity contribution in [2.45, 2.75) is 25.1 Å². The van der Waals surface area contributed by atoms with Crippen molar-refractivity contribution < 1.29 is 5.11 Å². The van der Waals surface area contributed by atoms with E-state index in [4.69, 9.17) is 0 Å². The number of hydrogen-bond acceptors (Lipinski definition) is 5. The zero-order valence-electron chi connectivity index (χ0n) is 10.8. The fourth-order valence-corrected chi connectivity index (χ4v) is 3.94. The zero-order valence-corrected chi connectivity index (χ0v) is 12.4. The van der Waals surface area contributed by atoms with Gasteiger partial charge in [0.25, 0.3) is 0 Å². The van der Waals surface area contributed by atoms with E-state index < -0.39 is 0 Å². The minimum atomic E-state index is -0.317. The van der Waals surface area contributed by atoms with Crippen LogP contribution in [0.1, 0.15) is 13.8 Å². The fraction of sp³-hybridized carbons (Fsp3) is 0.385. The Morgan fingerprint density at radius 1 is 1.32 bits per heavy atom. The predicted molar refractivity (Wildman–Crippen MR) is 79.9 cm³/mol. The number of benzene rings is 1. The molecule has 0 bridgehead atoms. The van der Waals surface area contributed by atoms with Crippen LogP contribution in [-0.2, 0) is 0 Å². The molecule has 0 aliphatic heterocycles. The molecule has 0 fully saturated rings. The Kier molecular flexibility index (Phi) is 3.47. The van der Waals surface area contributed by atoms with Gasteiger partial charge in [0.05, 0.1) is 16.3 Å². The van der Waals surface area contributed by atoms with E-state index in [0.29, 0.717) is 5.75 Å². The Morgan fingerprint density at radius 3 is 2.89 bits per heavy atom. The summed E-state index contributed by atoms with van der Waals surface area (Å²) in [7, 11) is 0. The molecule has 1 N–H and O–H groups in total. The van der Waals surface area contributed by atoms with E-state index in [1.165, 1.54) is 4.70 Å². The first-order valence-electron chi connectivity index (χ1n) is 6.20. The molecule has 0 amide bonds. The van der Waals surface area contributed by atoms with Gasteiger partial charge >= 0.3 is 0 Å². The van der Waals surface area contributed by atoms with E-state index in [1.807, 2.05) is 26.0 Å². The number of para-hydroxylation sites is 1. The molecule has 1 atom stereocenters. The molecule has 0 radical (unpaired) electrons. The summed E-state index contributed by atoms with van der Waals surface area (Å²) in [5.74, 6) is 0.901. The summed E-state index contributed by atoms with van der Waals surface area (Å²) >= 11 is 3.20. The molecule has 100 valence electrons. The van der Waals surface area contributed by atoms with E-state index in [0.717, 1.165) is 15.6 Å². The minimum Gasteiger partial charge on any atom is -0.392 e. The van der Waals surface area contributed by atoms with Gasteiger partial charge in [-0.15, -0.1) is 10.2 Å². The van der Waals surface area contributed by atoms with Crippen LogP contribution in [0, 0.1) is 5.92 Å². The van der Waals surface area contributed by atoms with E-state index in [9.17, 15) is 5.11 Å². The van der Waals surface area contributed by atoms with Crippen LogP contribution in [0.2, 0.25) is 0 Å². The molecule has 3 aromatic rings. The highest BCUT2D eigenvalue weighted by molar-refractivity contribution is 7.99. The lowest BCUT2D eigenvalue weighted by atomic mass is 10.1. The first kappa shape index (κ1) is 12.9. The van der Waals surface area contributed by atoms with Crippen molar-refractivity contribution in [1.82, 2.24) is 14.6 Å². The number of rotatable bonds is 4. The van der Waals surface area contributed by atoms with Crippen molar-refractivity contribution in [3.63, 3.8) is 0 Å². The van der Waals surface area contributed by atoms with E-state index in [1.54, 1.807) is 23.1 Å². The van der Waals surface area contributed by atoms with Crippen LogP contribution in [0.4, 0.5) is 0 Å². The molecule has 2 heterocycles. The Bertz CT molecular complexity index is 704. The minimum absolute atomic E-state index is 0.259. The van der Waals surface area contributed by atoms with Crippen LogP contribution in [0.15, 0.2) is 29.4 Å². The highest BCUT2D eigenvalue weighted by atomic mass is 32.2. The fourth-order valence-electron chi connectivity index (χ4n) is 1.80. The lowest BCUT2D eigenvalue weighted by Gasteiger charge is -2.12. The normalized spacial score (nSPS) is 13.7. The molecule has 1 aromatic carbocycles. The van der Waals surface area contributed by atoms with Gasteiger partial charge in [-0.3, -0.25) is 4.40 Å². The summed E-state index contributed by atoms with van der Waals surface area (Å²) in [6, 6.07) is 8.21. The maximum absolute atomic E-state index is 9.89. The van der Waals surface area contributed by atoms with Gasteiger partial charge in [0.15, 0.2) is 5.16 Å². The van der Waals surface area contributed by atoms with Crippen molar-refractivity contribution in [1.29, 1.82) is 0 Å². The number of hydrogen-bond donors (Lipinski definition) is 1. The van der Waals surface area contributed by atoms with Crippen LogP contribution >= 0.6 is 23.1 Å². The lowest BCUT2D eigenvalue weighted by Crippen LogP contribution is -2.17. The molecule has 0 aliphatic rings. The van der Waals surface area contributed by atoms with Crippen molar-refractivity contribution in [3.8, 4) is 0 Å². The number of thioether (sulfide) groups is 1. The van der Waals surface area contributed by atoms with Crippen molar-refractivity contribution in [2.24, 2.45) is 5.92 Å². The molecule has 2 aromatic heterocycles. The quantitative estimate of drug-likeness (QED) is 0.751. The molecule has 6 heteroatoms. The second kappa shape index (κ2) is 5.11. The van der Waals surface area contributed by atoms with Crippen LogP contribution in [-0.4, -0.2) is 31.6 Å². The number of aliphatic hydroxyl groups excluding tert-OH is 1. The second-order valence-corrected chi connectivity index (χ2v) is 6.79. The van der Waals surface area contributed by atoms with Crippen molar-refractivity contribution in [2.75, 3.05) is 5.75 Å². The Balaban J connectivity index is 1.95. The van der Waals surface area contributed by atoms with Crippen molar-refractivity contribution >= 4 is 38.3 Å². The van der Waals surface area contributed by atoms with Gasteiger partial charge in [-0.25, -0.2) is 0 Å². The summed E-state index contributed by atoms with van der Waals surface area (Å²) in [6.45, 7) is 4.04. The first-order chi connectivity index (χ1) is 9.16. The highest BCUT2D eigenvalue weighted by Gasteiger charge is 2.15. The maximum atomic E-state index is 9.89. The molecule has 4 nitrogen and oxygen atoms in total. The monoisotopic (exact) mass is 293 g/mol. The Labute approximate surface area is 119 Å². The lowest BCUT2D eigenvalue weighted by molar-refractivity contribution is 0.149. The molecule has 0 spiro atoms. The molecule has 19 heavy (non-hydrogen) atoms. The maximum Gasteiger partial charge on any atom is 0.217 e. The third-order valence-corrected chi connectivity index (χ3v) is 5.11. The molecule has 1 unspecified atom stereocenters. The van der Waals surface area contributed by atoms with Gasteiger partial charge in [-0.2, -0.15) is 0 Å². The molecule has 0 aliphatic carbocycles. The summed E-state index contributed by atoms with van der Waals surface area (Å²) < 4.78 is 3.27. The molecule has 3 rings (SSSR count). The topological polar surface area (TPSA) is 50.4 Å². The number of aliphatic hydroxyl groups is 1. The summed E-state index contributed by atoms with van der Waals surface area (Å²) in [4.78, 5) is 0.905. The summed E-state index contributed by atoms with van der Waals surface area (Å²) in [5.41, 5.74) is 1.13. The Hall–Kier alpha value is -1.11. The van der Waals surface area contributed by atoms with Gasteiger partial charge < -0.3 is 5.11 Å². The molecule has 0 saturated heterocycles. The van der Waals surface area contributed by atoms with Crippen LogP contribution in [0.3, 0.4) is 0 Å². The van der Waals surface area contributed by atoms with E-state index in [-0.39, 0.29) is 12.0 Å². The standard InChI is InChI=1S/C13H15N3OS2/c1-8(2)10(17)7-18-12-14-15-13-16(12)9-5-3-4-6-11(9)19-13/h3-6,8,10,17H,7H2,1-2H3. The summed E-state index contributed by atoms with van der Waals surface area (Å²) in [5, 5.41) is 19.2. The van der Waals surface area contributed by atoms with Gasteiger partial charge in [0, 0.05) is 5.75 Å². The van der Waals surface area contributed by atoms with Crippen LogP contribution in [0.25, 0.3) is 15.2 Å². The second-order valence-electron chi connectivity index (χ2n) is 4.79. The van der Waals surface area contributed by atoms with E-state index in [2.05, 4.69) is 26.7 Å². The summed E-state index contributed by atoms with van der Waals surface area (Å²) in [6.07, 6.45) is -0.317. The average molecular weight is 293 g/mol. The first-order valence-corrected chi connectivity index (χ1v) is 8.00. The van der Waals surface area contributed by atoms with Crippen LogP contribution in [0.5, 0.6) is 0 Å². The average Bonchev–Trinajstić information content (AvgIpc) is 2.94. The number of aromatic nitrogens is 3. The van der Waals surface area contributed by atoms with Gasteiger partial charge in [-0.05, 0) is 18.1 Å². The van der Waals surface area contributed by atoms with Gasteiger partial charge in [0.2, 0.25) is 4.96 Å². The Morgan fingerprint density at radius 2 is 2.11 bits per heavy atom. The third-order valence-electron chi connectivity index (χ3n) is 3.06.